The van der Waals surface area contributed by atoms with Crippen LogP contribution in [0.4, 0.5) is 0 Å². The van der Waals surface area contributed by atoms with Gasteiger partial charge >= 0.3 is 5.97 Å². The van der Waals surface area contributed by atoms with Gasteiger partial charge in [0, 0.05) is 19.4 Å². The lowest BCUT2D eigenvalue weighted by Crippen LogP contribution is -2.20. The lowest BCUT2D eigenvalue weighted by atomic mass is 9.93. The molecule has 0 amide bonds. The van der Waals surface area contributed by atoms with Crippen LogP contribution in [0.25, 0.3) is 0 Å². The van der Waals surface area contributed by atoms with Gasteiger partial charge in [0.1, 0.15) is 0 Å². The van der Waals surface area contributed by atoms with E-state index in [9.17, 15) is 4.79 Å². The Kier molecular flexibility index (Phi) is 5.56. The van der Waals surface area contributed by atoms with Gasteiger partial charge in [0.2, 0.25) is 0 Å². The predicted octanol–water partition coefficient (Wildman–Crippen LogP) is 2.56. The van der Waals surface area contributed by atoms with E-state index in [0.29, 0.717) is 6.42 Å². The zero-order valence-corrected chi connectivity index (χ0v) is 12.1. The van der Waals surface area contributed by atoms with Crippen molar-refractivity contribution in [2.24, 2.45) is 5.92 Å². The van der Waals surface area contributed by atoms with Gasteiger partial charge < -0.3 is 14.2 Å². The molecule has 1 aromatic carbocycles. The van der Waals surface area contributed by atoms with Crippen molar-refractivity contribution >= 4 is 5.97 Å². The van der Waals surface area contributed by atoms with Gasteiger partial charge in [0.25, 0.3) is 0 Å². The third kappa shape index (κ3) is 4.05. The molecule has 1 fully saturated rings. The predicted molar refractivity (Wildman–Crippen MR) is 75.2 cm³/mol. The highest BCUT2D eigenvalue weighted by atomic mass is 16.7. The van der Waals surface area contributed by atoms with E-state index >= 15 is 0 Å². The SMILES string of the molecule is COC(=O)C[C@@H]1C[C@H](OC)O[C@H]1CCc1ccccc1. The number of methoxy groups -OCH3 is 2. The molecule has 4 heteroatoms. The minimum Gasteiger partial charge on any atom is -0.469 e. The summed E-state index contributed by atoms with van der Waals surface area (Å²) in [5, 5.41) is 0. The molecule has 0 spiro atoms. The molecule has 0 aliphatic carbocycles. The van der Waals surface area contributed by atoms with Crippen LogP contribution in [0.15, 0.2) is 30.3 Å². The van der Waals surface area contributed by atoms with E-state index in [1.807, 2.05) is 18.2 Å². The van der Waals surface area contributed by atoms with E-state index in [-0.39, 0.29) is 24.3 Å². The Labute approximate surface area is 120 Å². The maximum atomic E-state index is 11.5. The molecule has 0 radical (unpaired) electrons. The molecule has 0 saturated carbocycles. The molecule has 1 aliphatic heterocycles. The van der Waals surface area contributed by atoms with Crippen molar-refractivity contribution in [3.63, 3.8) is 0 Å². The first-order valence-corrected chi connectivity index (χ1v) is 7.02. The van der Waals surface area contributed by atoms with Gasteiger partial charge in [-0.15, -0.1) is 0 Å². The van der Waals surface area contributed by atoms with E-state index in [1.54, 1.807) is 7.11 Å². The second-order valence-corrected chi connectivity index (χ2v) is 5.14. The van der Waals surface area contributed by atoms with Crippen LogP contribution in [0.2, 0.25) is 0 Å². The van der Waals surface area contributed by atoms with Crippen LogP contribution in [-0.2, 0) is 25.4 Å². The van der Waals surface area contributed by atoms with Gasteiger partial charge in [-0.1, -0.05) is 30.3 Å². The van der Waals surface area contributed by atoms with Crippen LogP contribution in [0, 0.1) is 5.92 Å². The molecular weight excluding hydrogens is 256 g/mol. The molecule has 110 valence electrons. The van der Waals surface area contributed by atoms with Crippen LogP contribution >= 0.6 is 0 Å². The highest BCUT2D eigenvalue weighted by molar-refractivity contribution is 5.69. The fourth-order valence-corrected chi connectivity index (χ4v) is 2.68. The highest BCUT2D eigenvalue weighted by Crippen LogP contribution is 2.32. The van der Waals surface area contributed by atoms with Gasteiger partial charge in [-0.25, -0.2) is 0 Å². The summed E-state index contributed by atoms with van der Waals surface area (Å²) in [5.74, 6) is -0.00354. The summed E-state index contributed by atoms with van der Waals surface area (Å²) in [6.07, 6.45) is 2.84. The van der Waals surface area contributed by atoms with Crippen molar-refractivity contribution in [1.82, 2.24) is 0 Å². The Morgan fingerprint density at radius 1 is 1.30 bits per heavy atom. The number of ether oxygens (including phenoxy) is 3. The third-order valence-electron chi connectivity index (χ3n) is 3.83. The van der Waals surface area contributed by atoms with E-state index in [4.69, 9.17) is 14.2 Å². The summed E-state index contributed by atoms with van der Waals surface area (Å²) < 4.78 is 15.9. The van der Waals surface area contributed by atoms with Crippen molar-refractivity contribution in [3.05, 3.63) is 35.9 Å². The van der Waals surface area contributed by atoms with Crippen molar-refractivity contribution in [2.45, 2.75) is 38.1 Å². The van der Waals surface area contributed by atoms with Crippen LogP contribution in [0.3, 0.4) is 0 Å². The number of esters is 1. The first kappa shape index (κ1) is 15.0. The second kappa shape index (κ2) is 7.41. The number of rotatable bonds is 6. The van der Waals surface area contributed by atoms with Crippen molar-refractivity contribution in [2.75, 3.05) is 14.2 Å². The summed E-state index contributed by atoms with van der Waals surface area (Å²) in [4.78, 5) is 11.5. The lowest BCUT2D eigenvalue weighted by Gasteiger charge is -2.17. The molecule has 20 heavy (non-hydrogen) atoms. The van der Waals surface area contributed by atoms with Gasteiger partial charge in [-0.05, 0) is 18.4 Å². The minimum absolute atomic E-state index is 0.0549. The quantitative estimate of drug-likeness (QED) is 0.750. The Bertz CT molecular complexity index is 418. The van der Waals surface area contributed by atoms with Crippen LogP contribution in [-0.4, -0.2) is 32.6 Å². The molecule has 0 aromatic heterocycles. The van der Waals surface area contributed by atoms with Crippen LogP contribution in [0.5, 0.6) is 0 Å². The number of carbonyl (C=O) groups excluding carboxylic acids is 1. The van der Waals surface area contributed by atoms with Crippen molar-refractivity contribution in [3.8, 4) is 0 Å². The average molecular weight is 278 g/mol. The molecular formula is C16H22O4. The highest BCUT2D eigenvalue weighted by Gasteiger charge is 2.36. The first-order chi connectivity index (χ1) is 9.72. The molecule has 0 bridgehead atoms. The average Bonchev–Trinajstić information content (AvgIpc) is 2.88. The summed E-state index contributed by atoms with van der Waals surface area (Å²) in [6, 6.07) is 10.3. The molecule has 1 heterocycles. The summed E-state index contributed by atoms with van der Waals surface area (Å²) in [5.41, 5.74) is 1.29. The first-order valence-electron chi connectivity index (χ1n) is 7.02. The van der Waals surface area contributed by atoms with Gasteiger partial charge in [0.15, 0.2) is 6.29 Å². The Morgan fingerprint density at radius 2 is 2.05 bits per heavy atom. The fraction of sp³-hybridized carbons (Fsp3) is 0.562. The third-order valence-corrected chi connectivity index (χ3v) is 3.83. The maximum absolute atomic E-state index is 11.5. The molecule has 4 nitrogen and oxygen atoms in total. The Morgan fingerprint density at radius 3 is 2.70 bits per heavy atom. The summed E-state index contributed by atoms with van der Waals surface area (Å²) in [6.45, 7) is 0. The lowest BCUT2D eigenvalue weighted by molar-refractivity contribution is -0.142. The zero-order chi connectivity index (χ0) is 14.4. The van der Waals surface area contributed by atoms with Crippen LogP contribution < -0.4 is 0 Å². The molecule has 1 aliphatic rings. The molecule has 1 aromatic rings. The molecule has 2 rings (SSSR count). The van der Waals surface area contributed by atoms with Gasteiger partial charge in [-0.2, -0.15) is 0 Å². The van der Waals surface area contributed by atoms with Gasteiger partial charge in [-0.3, -0.25) is 4.79 Å². The number of aryl methyl sites for hydroxylation is 1. The van der Waals surface area contributed by atoms with Crippen molar-refractivity contribution in [1.29, 1.82) is 0 Å². The molecule has 3 atom stereocenters. The fourth-order valence-electron chi connectivity index (χ4n) is 2.68. The van der Waals surface area contributed by atoms with E-state index < -0.39 is 0 Å². The Balaban J connectivity index is 1.91. The maximum Gasteiger partial charge on any atom is 0.305 e. The van der Waals surface area contributed by atoms with E-state index in [1.165, 1.54) is 12.7 Å². The topological polar surface area (TPSA) is 44.8 Å². The van der Waals surface area contributed by atoms with Gasteiger partial charge in [0.05, 0.1) is 19.6 Å². The monoisotopic (exact) mass is 278 g/mol. The standard InChI is InChI=1S/C16H22O4/c1-18-15(17)10-13-11-16(19-2)20-14(13)9-8-12-6-4-3-5-7-12/h3-7,13-14,16H,8-11H2,1-2H3/t13-,14+,16-/m1/s1. The number of benzene rings is 1. The largest absolute Gasteiger partial charge is 0.469 e. The van der Waals surface area contributed by atoms with Crippen LogP contribution in [0.1, 0.15) is 24.8 Å². The summed E-state index contributed by atoms with van der Waals surface area (Å²) in [7, 11) is 3.06. The smallest absolute Gasteiger partial charge is 0.305 e. The molecule has 0 N–H and O–H groups in total. The minimum atomic E-state index is -0.203. The normalized spacial score (nSPS) is 25.6. The number of carbonyl (C=O) groups is 1. The summed E-state index contributed by atoms with van der Waals surface area (Å²) >= 11 is 0. The van der Waals surface area contributed by atoms with Crippen molar-refractivity contribution < 1.29 is 19.0 Å². The van der Waals surface area contributed by atoms with E-state index in [2.05, 4.69) is 12.1 Å². The molecule has 1 saturated heterocycles. The zero-order valence-electron chi connectivity index (χ0n) is 12.1. The second-order valence-electron chi connectivity index (χ2n) is 5.14. The number of hydrogen-bond donors (Lipinski definition) is 0. The molecule has 0 unspecified atom stereocenters. The van der Waals surface area contributed by atoms with E-state index in [0.717, 1.165) is 19.3 Å². The number of hydrogen-bond acceptors (Lipinski definition) is 4. The Hall–Kier alpha value is -1.39.